The average molecular weight is 464 g/mol. The van der Waals surface area contributed by atoms with E-state index in [1.54, 1.807) is 0 Å². The molecule has 2 nitrogen and oxygen atoms in total. The average Bonchev–Trinajstić information content (AvgIpc) is 3.33. The van der Waals surface area contributed by atoms with Gasteiger partial charge in [-0.05, 0) is 47.7 Å². The summed E-state index contributed by atoms with van der Waals surface area (Å²) in [7, 11) is 0. The van der Waals surface area contributed by atoms with E-state index in [0.29, 0.717) is 0 Å². The van der Waals surface area contributed by atoms with Crippen LogP contribution in [0.2, 0.25) is 0 Å². The van der Waals surface area contributed by atoms with Crippen LogP contribution in [-0.2, 0) is 19.4 Å². The molecule has 0 saturated heterocycles. The van der Waals surface area contributed by atoms with Gasteiger partial charge in [0, 0.05) is 33.7 Å². The SMILES string of the molecule is c1ccc(C[n+]2c(-c3ccccc3)cc(-c3ccccc3)c3c2-c2[nH]c4ccccc4c2CC3)cc1. The molecule has 2 heterocycles. The van der Waals surface area contributed by atoms with Crippen LogP contribution in [-0.4, -0.2) is 4.98 Å². The van der Waals surface area contributed by atoms with Crippen LogP contribution in [0.1, 0.15) is 16.7 Å². The van der Waals surface area contributed by atoms with Crippen LogP contribution in [0.3, 0.4) is 0 Å². The van der Waals surface area contributed by atoms with E-state index in [9.17, 15) is 0 Å². The van der Waals surface area contributed by atoms with Gasteiger partial charge >= 0.3 is 0 Å². The van der Waals surface area contributed by atoms with Gasteiger partial charge in [0.05, 0.1) is 0 Å². The molecule has 0 fully saturated rings. The molecule has 172 valence electrons. The van der Waals surface area contributed by atoms with Gasteiger partial charge in [0.1, 0.15) is 5.69 Å². The maximum absolute atomic E-state index is 3.83. The molecule has 0 saturated carbocycles. The molecule has 1 N–H and O–H groups in total. The van der Waals surface area contributed by atoms with Crippen molar-refractivity contribution >= 4 is 10.9 Å². The predicted molar refractivity (Wildman–Crippen MR) is 148 cm³/mol. The third-order valence-electron chi connectivity index (χ3n) is 7.47. The molecule has 4 aromatic carbocycles. The lowest BCUT2D eigenvalue weighted by Gasteiger charge is -2.21. The Hall–Kier alpha value is -4.43. The van der Waals surface area contributed by atoms with Gasteiger partial charge in [-0.2, -0.15) is 4.57 Å². The van der Waals surface area contributed by atoms with Crippen molar-refractivity contribution in [1.82, 2.24) is 4.98 Å². The minimum absolute atomic E-state index is 0.817. The van der Waals surface area contributed by atoms with Crippen LogP contribution >= 0.6 is 0 Å². The first-order valence-corrected chi connectivity index (χ1v) is 12.7. The summed E-state index contributed by atoms with van der Waals surface area (Å²) in [5.41, 5.74) is 13.0. The number of hydrogen-bond donors (Lipinski definition) is 1. The Bertz CT molecular complexity index is 1680. The van der Waals surface area contributed by atoms with E-state index < -0.39 is 0 Å². The summed E-state index contributed by atoms with van der Waals surface area (Å²) >= 11 is 0. The lowest BCUT2D eigenvalue weighted by molar-refractivity contribution is -0.667. The zero-order valence-corrected chi connectivity index (χ0v) is 20.1. The number of fused-ring (bicyclic) bond motifs is 5. The van der Waals surface area contributed by atoms with E-state index in [0.717, 1.165) is 19.4 Å². The zero-order chi connectivity index (χ0) is 23.9. The Morgan fingerprint density at radius 2 is 1.22 bits per heavy atom. The van der Waals surface area contributed by atoms with Crippen LogP contribution < -0.4 is 4.57 Å². The molecule has 0 unspecified atom stereocenters. The molecule has 7 rings (SSSR count). The number of para-hydroxylation sites is 1. The molecule has 0 spiro atoms. The number of aromatic amines is 1. The predicted octanol–water partition coefficient (Wildman–Crippen LogP) is 7.60. The first-order chi connectivity index (χ1) is 17.9. The Kier molecular flexibility index (Phi) is 5.03. The van der Waals surface area contributed by atoms with Crippen LogP contribution in [0.25, 0.3) is 44.7 Å². The van der Waals surface area contributed by atoms with Crippen LogP contribution in [0.4, 0.5) is 0 Å². The van der Waals surface area contributed by atoms with Crippen molar-refractivity contribution in [2.24, 2.45) is 0 Å². The van der Waals surface area contributed by atoms with Gasteiger partial charge in [0.2, 0.25) is 11.4 Å². The van der Waals surface area contributed by atoms with Crippen molar-refractivity contribution in [3.05, 3.63) is 138 Å². The molecule has 0 radical (unpaired) electrons. The first kappa shape index (κ1) is 20.9. The van der Waals surface area contributed by atoms with E-state index >= 15 is 0 Å². The second kappa shape index (κ2) is 8.66. The number of pyridine rings is 1. The highest BCUT2D eigenvalue weighted by molar-refractivity contribution is 5.92. The third-order valence-corrected chi connectivity index (χ3v) is 7.47. The van der Waals surface area contributed by atoms with Gasteiger partial charge < -0.3 is 4.98 Å². The molecular formula is C34H27N2+. The largest absolute Gasteiger partial charge is 0.349 e. The summed E-state index contributed by atoms with van der Waals surface area (Å²) in [6, 6.07) is 43.7. The van der Waals surface area contributed by atoms with Crippen LogP contribution in [0.15, 0.2) is 121 Å². The minimum atomic E-state index is 0.817. The number of aromatic nitrogens is 2. The third kappa shape index (κ3) is 3.46. The van der Waals surface area contributed by atoms with E-state index in [-0.39, 0.29) is 0 Å². The Morgan fingerprint density at radius 1 is 0.611 bits per heavy atom. The number of H-pyrrole nitrogens is 1. The molecule has 2 heteroatoms. The van der Waals surface area contributed by atoms with Crippen molar-refractivity contribution in [2.75, 3.05) is 0 Å². The standard InChI is InChI=1S/C34H26N2/c1-4-12-24(13-5-1)23-36-32(26-16-8-3-9-17-26)22-30(25-14-6-2-7-15-25)29-21-20-28-27-18-10-11-19-31(27)35-33(28)34(29)36/h1-19,22H,20-21,23H2/p+1. The van der Waals surface area contributed by atoms with Gasteiger partial charge in [-0.1, -0.05) is 97.1 Å². The highest BCUT2D eigenvalue weighted by atomic mass is 15.0. The van der Waals surface area contributed by atoms with Gasteiger partial charge in [-0.15, -0.1) is 0 Å². The fourth-order valence-corrected chi connectivity index (χ4v) is 5.82. The van der Waals surface area contributed by atoms with Crippen LogP contribution in [0.5, 0.6) is 0 Å². The first-order valence-electron chi connectivity index (χ1n) is 12.7. The number of nitrogens with zero attached hydrogens (tertiary/aromatic N) is 1. The molecule has 1 aliphatic carbocycles. The van der Waals surface area contributed by atoms with Gasteiger partial charge in [0.15, 0.2) is 6.54 Å². The zero-order valence-electron chi connectivity index (χ0n) is 20.1. The lowest BCUT2D eigenvalue weighted by Crippen LogP contribution is -2.42. The molecule has 2 aromatic heterocycles. The summed E-state index contributed by atoms with van der Waals surface area (Å²) in [4.78, 5) is 3.83. The number of rotatable bonds is 4. The highest BCUT2D eigenvalue weighted by Crippen LogP contribution is 2.41. The fraction of sp³-hybridized carbons (Fsp3) is 0.0882. The van der Waals surface area contributed by atoms with Gasteiger partial charge in [-0.3, -0.25) is 0 Å². The van der Waals surface area contributed by atoms with Gasteiger partial charge in [0.25, 0.3) is 0 Å². The van der Waals surface area contributed by atoms with E-state index in [1.807, 2.05) is 0 Å². The Balaban J connectivity index is 1.59. The van der Waals surface area contributed by atoms with Crippen molar-refractivity contribution in [3.63, 3.8) is 0 Å². The number of nitrogens with one attached hydrogen (secondary N) is 1. The summed E-state index contributed by atoms with van der Waals surface area (Å²) in [6.45, 7) is 0.817. The molecule has 36 heavy (non-hydrogen) atoms. The normalized spacial score (nSPS) is 12.3. The summed E-state index contributed by atoms with van der Waals surface area (Å²) in [5.74, 6) is 0. The lowest BCUT2D eigenvalue weighted by atomic mass is 9.85. The molecule has 6 aromatic rings. The topological polar surface area (TPSA) is 19.7 Å². The minimum Gasteiger partial charge on any atom is -0.349 e. The molecule has 0 amide bonds. The van der Waals surface area contributed by atoms with Crippen molar-refractivity contribution in [1.29, 1.82) is 0 Å². The Morgan fingerprint density at radius 3 is 1.97 bits per heavy atom. The molecular weight excluding hydrogens is 436 g/mol. The monoisotopic (exact) mass is 463 g/mol. The maximum atomic E-state index is 3.83. The molecule has 0 bridgehead atoms. The van der Waals surface area contributed by atoms with Crippen molar-refractivity contribution in [3.8, 4) is 33.8 Å². The van der Waals surface area contributed by atoms with E-state index in [2.05, 4.69) is 131 Å². The second-order valence-electron chi connectivity index (χ2n) is 9.60. The quantitative estimate of drug-likeness (QED) is 0.260. The number of aryl methyl sites for hydroxylation is 1. The number of hydrogen-bond acceptors (Lipinski definition) is 0. The maximum Gasteiger partial charge on any atom is 0.233 e. The molecule has 0 atom stereocenters. The number of benzene rings is 4. The fourth-order valence-electron chi connectivity index (χ4n) is 5.82. The second-order valence-corrected chi connectivity index (χ2v) is 9.60. The highest BCUT2D eigenvalue weighted by Gasteiger charge is 2.34. The van der Waals surface area contributed by atoms with Crippen LogP contribution in [0, 0.1) is 0 Å². The smallest absolute Gasteiger partial charge is 0.233 e. The van der Waals surface area contributed by atoms with E-state index in [1.165, 1.54) is 61.4 Å². The summed E-state index contributed by atoms with van der Waals surface area (Å²) < 4.78 is 2.54. The van der Waals surface area contributed by atoms with Gasteiger partial charge in [-0.25, -0.2) is 0 Å². The Labute approximate surface area is 211 Å². The van der Waals surface area contributed by atoms with Crippen molar-refractivity contribution < 1.29 is 4.57 Å². The molecule has 0 aliphatic heterocycles. The molecule has 1 aliphatic rings. The van der Waals surface area contributed by atoms with E-state index in [4.69, 9.17) is 0 Å². The van der Waals surface area contributed by atoms with Crippen molar-refractivity contribution in [2.45, 2.75) is 19.4 Å². The summed E-state index contributed by atoms with van der Waals surface area (Å²) in [6.07, 6.45) is 2.07. The summed E-state index contributed by atoms with van der Waals surface area (Å²) in [5, 5.41) is 1.34.